The number of rotatable bonds is 5. The Balaban J connectivity index is 1.22. The molecule has 2 fully saturated rings. The fourth-order valence-corrected chi connectivity index (χ4v) is 4.36. The number of hydrogen-bond donors (Lipinski definition) is 1. The van der Waals surface area contributed by atoms with Gasteiger partial charge in [0.05, 0.1) is 0 Å². The van der Waals surface area contributed by atoms with Crippen molar-refractivity contribution in [2.45, 2.75) is 5.92 Å². The SMILES string of the molecule is O=C(NCCN1CC2C(C1)C2c1cccc(Cl)c1)c1ccc(Cl)cc1. The summed E-state index contributed by atoms with van der Waals surface area (Å²) >= 11 is 11.9. The Morgan fingerprint density at radius 3 is 2.44 bits per heavy atom. The summed E-state index contributed by atoms with van der Waals surface area (Å²) in [5.41, 5.74) is 2.02. The predicted octanol–water partition coefficient (Wildman–Crippen LogP) is 4.07. The van der Waals surface area contributed by atoms with E-state index in [1.54, 1.807) is 24.3 Å². The monoisotopic (exact) mass is 374 g/mol. The molecule has 4 rings (SSSR count). The molecule has 0 bridgehead atoms. The van der Waals surface area contributed by atoms with Gasteiger partial charge in [-0.2, -0.15) is 0 Å². The molecule has 1 N–H and O–H groups in total. The van der Waals surface area contributed by atoms with E-state index < -0.39 is 0 Å². The van der Waals surface area contributed by atoms with Gasteiger partial charge in [-0.15, -0.1) is 0 Å². The number of carbonyl (C=O) groups is 1. The lowest BCUT2D eigenvalue weighted by molar-refractivity contribution is 0.0949. The summed E-state index contributed by atoms with van der Waals surface area (Å²) in [7, 11) is 0. The van der Waals surface area contributed by atoms with Gasteiger partial charge < -0.3 is 10.2 Å². The van der Waals surface area contributed by atoms with E-state index in [0.29, 0.717) is 23.0 Å². The number of hydrogen-bond acceptors (Lipinski definition) is 2. The second-order valence-electron chi connectivity index (χ2n) is 6.93. The zero-order valence-corrected chi connectivity index (χ0v) is 15.3. The van der Waals surface area contributed by atoms with E-state index >= 15 is 0 Å². The molecule has 1 saturated carbocycles. The van der Waals surface area contributed by atoms with E-state index in [2.05, 4.69) is 22.3 Å². The molecule has 2 aliphatic rings. The molecule has 3 nitrogen and oxygen atoms in total. The molecule has 0 spiro atoms. The molecule has 0 aromatic heterocycles. The van der Waals surface area contributed by atoms with Crippen LogP contribution in [-0.2, 0) is 0 Å². The Morgan fingerprint density at radius 1 is 1.04 bits per heavy atom. The van der Waals surface area contributed by atoms with Gasteiger partial charge in [-0.25, -0.2) is 0 Å². The Hall–Kier alpha value is -1.55. The lowest BCUT2D eigenvalue weighted by Crippen LogP contribution is -2.35. The molecule has 1 saturated heterocycles. The zero-order valence-electron chi connectivity index (χ0n) is 13.8. The number of nitrogens with one attached hydrogen (secondary N) is 1. The Morgan fingerprint density at radius 2 is 1.76 bits per heavy atom. The van der Waals surface area contributed by atoms with Gasteiger partial charge in [0.2, 0.25) is 0 Å². The van der Waals surface area contributed by atoms with Gasteiger partial charge in [0, 0.05) is 41.8 Å². The lowest BCUT2D eigenvalue weighted by Gasteiger charge is -2.19. The van der Waals surface area contributed by atoms with Gasteiger partial charge in [-0.3, -0.25) is 4.79 Å². The summed E-state index contributed by atoms with van der Waals surface area (Å²) in [6.45, 7) is 3.79. The molecule has 2 aromatic carbocycles. The highest BCUT2D eigenvalue weighted by molar-refractivity contribution is 6.30. The molecular formula is C20H20Cl2N2O. The minimum absolute atomic E-state index is 0.0437. The Bertz CT molecular complexity index is 766. The number of halogens is 2. The average Bonchev–Trinajstić information content (AvgIpc) is 3.11. The first-order valence-electron chi connectivity index (χ1n) is 8.63. The van der Waals surface area contributed by atoms with Gasteiger partial charge >= 0.3 is 0 Å². The molecule has 2 aromatic rings. The maximum atomic E-state index is 12.1. The molecule has 5 heteroatoms. The summed E-state index contributed by atoms with van der Waals surface area (Å²) in [6, 6.07) is 15.2. The summed E-state index contributed by atoms with van der Waals surface area (Å²) < 4.78 is 0. The van der Waals surface area contributed by atoms with Gasteiger partial charge in [0.25, 0.3) is 5.91 Å². The molecule has 1 aliphatic heterocycles. The fourth-order valence-electron chi connectivity index (χ4n) is 4.04. The highest BCUT2D eigenvalue weighted by atomic mass is 35.5. The maximum absolute atomic E-state index is 12.1. The van der Waals surface area contributed by atoms with Crippen LogP contribution in [0, 0.1) is 11.8 Å². The van der Waals surface area contributed by atoms with Crippen LogP contribution < -0.4 is 5.32 Å². The summed E-state index contributed by atoms with van der Waals surface area (Å²) in [5, 5.41) is 4.45. The third-order valence-corrected chi connectivity index (χ3v) is 5.81. The molecule has 2 unspecified atom stereocenters. The standard InChI is InChI=1S/C20H20Cl2N2O/c21-15-6-4-13(5-7-15)20(25)23-8-9-24-11-17-18(12-24)19(17)14-2-1-3-16(22)10-14/h1-7,10,17-19H,8-9,11-12H2,(H,23,25). The summed E-state index contributed by atoms with van der Waals surface area (Å²) in [4.78, 5) is 14.5. The van der Waals surface area contributed by atoms with Crippen molar-refractivity contribution in [3.05, 3.63) is 69.7 Å². The Labute approximate surface area is 157 Å². The molecule has 130 valence electrons. The van der Waals surface area contributed by atoms with E-state index in [4.69, 9.17) is 23.2 Å². The van der Waals surface area contributed by atoms with Crippen LogP contribution in [0.25, 0.3) is 0 Å². The van der Waals surface area contributed by atoms with Gasteiger partial charge in [0.1, 0.15) is 0 Å². The molecular weight excluding hydrogens is 355 g/mol. The fraction of sp³-hybridized carbons (Fsp3) is 0.350. The number of likely N-dealkylation sites (tertiary alicyclic amines) is 1. The topological polar surface area (TPSA) is 32.3 Å². The van der Waals surface area contributed by atoms with Crippen LogP contribution in [0.3, 0.4) is 0 Å². The molecule has 1 aliphatic carbocycles. The van der Waals surface area contributed by atoms with Crippen molar-refractivity contribution in [1.29, 1.82) is 0 Å². The third kappa shape index (κ3) is 3.69. The summed E-state index contributed by atoms with van der Waals surface area (Å²) in [6.07, 6.45) is 0. The van der Waals surface area contributed by atoms with E-state index in [1.807, 2.05) is 12.1 Å². The first kappa shape index (κ1) is 16.9. The third-order valence-electron chi connectivity index (χ3n) is 5.32. The summed E-state index contributed by atoms with van der Waals surface area (Å²) in [5.74, 6) is 2.10. The van der Waals surface area contributed by atoms with E-state index in [9.17, 15) is 4.79 Å². The van der Waals surface area contributed by atoms with Crippen molar-refractivity contribution >= 4 is 29.1 Å². The molecule has 1 heterocycles. The quantitative estimate of drug-likeness (QED) is 0.855. The molecule has 25 heavy (non-hydrogen) atoms. The van der Waals surface area contributed by atoms with Crippen molar-refractivity contribution < 1.29 is 4.79 Å². The van der Waals surface area contributed by atoms with E-state index in [1.165, 1.54) is 5.56 Å². The molecule has 0 radical (unpaired) electrons. The van der Waals surface area contributed by atoms with Gasteiger partial charge in [-0.05, 0) is 59.7 Å². The maximum Gasteiger partial charge on any atom is 0.251 e. The first-order chi connectivity index (χ1) is 12.1. The van der Waals surface area contributed by atoms with Crippen molar-refractivity contribution in [3.63, 3.8) is 0 Å². The first-order valence-corrected chi connectivity index (χ1v) is 9.39. The second-order valence-corrected chi connectivity index (χ2v) is 7.80. The van der Waals surface area contributed by atoms with E-state index in [0.717, 1.165) is 36.5 Å². The number of nitrogens with zero attached hydrogens (tertiary/aromatic N) is 1. The van der Waals surface area contributed by atoms with Crippen LogP contribution in [0.2, 0.25) is 10.0 Å². The number of amides is 1. The van der Waals surface area contributed by atoms with Crippen molar-refractivity contribution in [2.24, 2.45) is 11.8 Å². The number of piperidine rings is 1. The number of fused-ring (bicyclic) bond motifs is 1. The van der Waals surface area contributed by atoms with Gasteiger partial charge in [-0.1, -0.05) is 35.3 Å². The minimum atomic E-state index is -0.0437. The zero-order chi connectivity index (χ0) is 17.4. The highest BCUT2D eigenvalue weighted by Gasteiger charge is 2.55. The van der Waals surface area contributed by atoms with Crippen molar-refractivity contribution in [3.8, 4) is 0 Å². The largest absolute Gasteiger partial charge is 0.351 e. The van der Waals surface area contributed by atoms with Crippen LogP contribution in [-0.4, -0.2) is 37.0 Å². The van der Waals surface area contributed by atoms with Crippen LogP contribution in [0.1, 0.15) is 21.8 Å². The van der Waals surface area contributed by atoms with E-state index in [-0.39, 0.29) is 5.91 Å². The average molecular weight is 375 g/mol. The number of benzene rings is 2. The molecule has 1 amide bonds. The minimum Gasteiger partial charge on any atom is -0.351 e. The van der Waals surface area contributed by atoms with Crippen LogP contribution in [0.4, 0.5) is 0 Å². The lowest BCUT2D eigenvalue weighted by atomic mass is 10.1. The molecule has 2 atom stereocenters. The Kier molecular flexibility index (Phi) is 4.72. The highest BCUT2D eigenvalue weighted by Crippen LogP contribution is 2.58. The van der Waals surface area contributed by atoms with Crippen molar-refractivity contribution in [2.75, 3.05) is 26.2 Å². The number of carbonyl (C=O) groups excluding carboxylic acids is 1. The van der Waals surface area contributed by atoms with Crippen LogP contribution >= 0.6 is 23.2 Å². The normalized spacial score (nSPS) is 24.8. The predicted molar refractivity (Wildman–Crippen MR) is 101 cm³/mol. The van der Waals surface area contributed by atoms with Crippen LogP contribution in [0.15, 0.2) is 48.5 Å². The smallest absolute Gasteiger partial charge is 0.251 e. The van der Waals surface area contributed by atoms with Crippen LogP contribution in [0.5, 0.6) is 0 Å². The second kappa shape index (κ2) is 6.99. The van der Waals surface area contributed by atoms with Crippen molar-refractivity contribution in [1.82, 2.24) is 10.2 Å². The van der Waals surface area contributed by atoms with Gasteiger partial charge in [0.15, 0.2) is 0 Å².